The molecule has 1 saturated carbocycles. The maximum atomic E-state index is 12.1. The Bertz CT molecular complexity index is 436. The summed E-state index contributed by atoms with van der Waals surface area (Å²) in [5, 5.41) is 12.0. The van der Waals surface area contributed by atoms with Gasteiger partial charge in [-0.2, -0.15) is 0 Å². The number of aliphatic hydroxyl groups excluding tert-OH is 1. The second-order valence-electron chi connectivity index (χ2n) is 5.95. The fraction of sp³-hybridized carbons (Fsp3) is 0.562. The van der Waals surface area contributed by atoms with Crippen molar-refractivity contribution in [3.63, 3.8) is 0 Å². The summed E-state index contributed by atoms with van der Waals surface area (Å²) in [4.78, 5) is 12.1. The Morgan fingerprint density at radius 3 is 2.74 bits per heavy atom. The van der Waals surface area contributed by atoms with E-state index in [1.54, 1.807) is 0 Å². The van der Waals surface area contributed by atoms with Crippen molar-refractivity contribution in [3.8, 4) is 0 Å². The van der Waals surface area contributed by atoms with E-state index < -0.39 is 0 Å². The van der Waals surface area contributed by atoms with Gasteiger partial charge in [-0.3, -0.25) is 4.79 Å². The lowest BCUT2D eigenvalue weighted by atomic mass is 9.73. The third-order valence-corrected chi connectivity index (χ3v) is 4.04. The van der Waals surface area contributed by atoms with Crippen molar-refractivity contribution < 1.29 is 9.90 Å². The number of hydrogen-bond acceptors (Lipinski definition) is 2. The van der Waals surface area contributed by atoms with E-state index in [1.165, 1.54) is 19.3 Å². The van der Waals surface area contributed by atoms with Crippen molar-refractivity contribution in [3.05, 3.63) is 29.8 Å². The van der Waals surface area contributed by atoms with Crippen LogP contribution < -0.4 is 5.32 Å². The Hall–Kier alpha value is -1.35. The van der Waals surface area contributed by atoms with Crippen LogP contribution in [-0.2, 0) is 11.4 Å². The number of anilines is 1. The summed E-state index contributed by atoms with van der Waals surface area (Å²) in [6.07, 6.45) is 6.67. The van der Waals surface area contributed by atoms with Gasteiger partial charge < -0.3 is 10.4 Å². The average molecular weight is 261 g/mol. The van der Waals surface area contributed by atoms with Gasteiger partial charge in [0.25, 0.3) is 0 Å². The molecule has 2 rings (SSSR count). The Kier molecular flexibility index (Phi) is 4.59. The molecule has 3 nitrogen and oxygen atoms in total. The van der Waals surface area contributed by atoms with Crippen molar-refractivity contribution in [2.24, 2.45) is 5.41 Å². The third kappa shape index (κ3) is 4.06. The van der Waals surface area contributed by atoms with Gasteiger partial charge in [0, 0.05) is 12.1 Å². The first-order valence-electron chi connectivity index (χ1n) is 7.11. The van der Waals surface area contributed by atoms with E-state index in [9.17, 15) is 4.79 Å². The van der Waals surface area contributed by atoms with Crippen LogP contribution in [0.25, 0.3) is 0 Å². The molecular formula is C16H23NO2. The molecule has 0 aliphatic heterocycles. The zero-order valence-electron chi connectivity index (χ0n) is 11.6. The van der Waals surface area contributed by atoms with Crippen molar-refractivity contribution in [1.29, 1.82) is 0 Å². The average Bonchev–Trinajstić information content (AvgIpc) is 2.39. The quantitative estimate of drug-likeness (QED) is 0.871. The number of amides is 1. The van der Waals surface area contributed by atoms with Gasteiger partial charge in [-0.1, -0.05) is 38.3 Å². The van der Waals surface area contributed by atoms with Crippen LogP contribution >= 0.6 is 0 Å². The monoisotopic (exact) mass is 261 g/mol. The van der Waals surface area contributed by atoms with Crippen LogP contribution in [0.1, 0.15) is 51.0 Å². The Balaban J connectivity index is 1.93. The highest BCUT2D eigenvalue weighted by Gasteiger charge is 2.29. The molecule has 104 valence electrons. The summed E-state index contributed by atoms with van der Waals surface area (Å²) >= 11 is 0. The van der Waals surface area contributed by atoms with Gasteiger partial charge in [0.15, 0.2) is 0 Å². The first-order valence-corrected chi connectivity index (χ1v) is 7.11. The molecule has 19 heavy (non-hydrogen) atoms. The minimum Gasteiger partial charge on any atom is -0.392 e. The smallest absolute Gasteiger partial charge is 0.224 e. The fourth-order valence-corrected chi connectivity index (χ4v) is 2.92. The molecule has 0 saturated heterocycles. The summed E-state index contributed by atoms with van der Waals surface area (Å²) in [6, 6.07) is 7.38. The van der Waals surface area contributed by atoms with E-state index >= 15 is 0 Å². The number of carbonyl (C=O) groups is 1. The van der Waals surface area contributed by atoms with Crippen LogP contribution in [0.5, 0.6) is 0 Å². The Labute approximate surface area is 115 Å². The third-order valence-electron chi connectivity index (χ3n) is 4.04. The van der Waals surface area contributed by atoms with E-state index in [4.69, 9.17) is 5.11 Å². The molecule has 0 atom stereocenters. The molecule has 0 unspecified atom stereocenters. The van der Waals surface area contributed by atoms with Crippen molar-refractivity contribution in [2.45, 2.75) is 52.1 Å². The van der Waals surface area contributed by atoms with Gasteiger partial charge in [0.1, 0.15) is 0 Å². The Morgan fingerprint density at radius 1 is 1.32 bits per heavy atom. The number of nitrogens with one attached hydrogen (secondary N) is 1. The van der Waals surface area contributed by atoms with Crippen molar-refractivity contribution in [1.82, 2.24) is 0 Å². The second-order valence-corrected chi connectivity index (χ2v) is 5.95. The zero-order valence-corrected chi connectivity index (χ0v) is 11.6. The predicted molar refractivity (Wildman–Crippen MR) is 76.8 cm³/mol. The lowest BCUT2D eigenvalue weighted by molar-refractivity contribution is -0.118. The highest BCUT2D eigenvalue weighted by Crippen LogP contribution is 2.38. The number of benzene rings is 1. The molecule has 1 fully saturated rings. The molecule has 2 N–H and O–H groups in total. The molecule has 1 aliphatic rings. The number of hydrogen-bond donors (Lipinski definition) is 2. The standard InChI is InChI=1S/C16H23NO2/c1-16(8-3-2-4-9-16)11-15(19)17-14-7-5-6-13(10-14)12-18/h5-7,10,18H,2-4,8-9,11-12H2,1H3,(H,17,19). The molecule has 0 heterocycles. The second kappa shape index (κ2) is 6.20. The molecule has 1 aromatic carbocycles. The summed E-state index contributed by atoms with van der Waals surface area (Å²) in [5.74, 6) is 0.0829. The largest absolute Gasteiger partial charge is 0.392 e. The molecule has 3 heteroatoms. The lowest BCUT2D eigenvalue weighted by Crippen LogP contribution is -2.27. The van der Waals surface area contributed by atoms with Gasteiger partial charge >= 0.3 is 0 Å². The summed E-state index contributed by atoms with van der Waals surface area (Å²) < 4.78 is 0. The molecule has 0 spiro atoms. The number of rotatable bonds is 4. The van der Waals surface area contributed by atoms with E-state index in [0.717, 1.165) is 24.1 Å². The van der Waals surface area contributed by atoms with Gasteiger partial charge in [0.05, 0.1) is 6.61 Å². The van der Waals surface area contributed by atoms with E-state index in [0.29, 0.717) is 6.42 Å². The molecule has 1 aromatic rings. The lowest BCUT2D eigenvalue weighted by Gasteiger charge is -2.32. The van der Waals surface area contributed by atoms with Crippen molar-refractivity contribution >= 4 is 11.6 Å². The first-order chi connectivity index (χ1) is 9.11. The predicted octanol–water partition coefficient (Wildman–Crippen LogP) is 3.48. The van der Waals surface area contributed by atoms with E-state index in [2.05, 4.69) is 12.2 Å². The molecule has 0 aromatic heterocycles. The van der Waals surface area contributed by atoms with Crippen molar-refractivity contribution in [2.75, 3.05) is 5.32 Å². The first kappa shape index (κ1) is 14.1. The minimum atomic E-state index is 0.00141. The topological polar surface area (TPSA) is 49.3 Å². The minimum absolute atomic E-state index is 0.00141. The molecule has 1 aliphatic carbocycles. The van der Waals surface area contributed by atoms with Crippen LogP contribution in [-0.4, -0.2) is 11.0 Å². The maximum absolute atomic E-state index is 12.1. The van der Waals surface area contributed by atoms with Gasteiger partial charge in [0.2, 0.25) is 5.91 Å². The summed E-state index contributed by atoms with van der Waals surface area (Å²) in [7, 11) is 0. The fourth-order valence-electron chi connectivity index (χ4n) is 2.92. The van der Waals surface area contributed by atoms with Crippen LogP contribution in [0.3, 0.4) is 0 Å². The van der Waals surface area contributed by atoms with Gasteiger partial charge in [-0.25, -0.2) is 0 Å². The molecule has 0 bridgehead atoms. The molecular weight excluding hydrogens is 238 g/mol. The maximum Gasteiger partial charge on any atom is 0.224 e. The number of carbonyl (C=O) groups excluding carboxylic acids is 1. The highest BCUT2D eigenvalue weighted by atomic mass is 16.3. The van der Waals surface area contributed by atoms with Crippen LogP contribution in [0, 0.1) is 5.41 Å². The van der Waals surface area contributed by atoms with Crippen LogP contribution in [0.15, 0.2) is 24.3 Å². The molecule has 1 amide bonds. The number of aliphatic hydroxyl groups is 1. The molecule has 0 radical (unpaired) electrons. The van der Waals surface area contributed by atoms with Gasteiger partial charge in [-0.05, 0) is 36.0 Å². The normalized spacial score (nSPS) is 18.0. The van der Waals surface area contributed by atoms with Gasteiger partial charge in [-0.15, -0.1) is 0 Å². The highest BCUT2D eigenvalue weighted by molar-refractivity contribution is 5.91. The van der Waals surface area contributed by atoms with E-state index in [-0.39, 0.29) is 17.9 Å². The SMILES string of the molecule is CC1(CC(=O)Nc2cccc(CO)c2)CCCCC1. The van der Waals surface area contributed by atoms with Crippen LogP contribution in [0.2, 0.25) is 0 Å². The van der Waals surface area contributed by atoms with Crippen LogP contribution in [0.4, 0.5) is 5.69 Å². The Morgan fingerprint density at radius 2 is 2.05 bits per heavy atom. The summed E-state index contributed by atoms with van der Waals surface area (Å²) in [5.41, 5.74) is 1.76. The van der Waals surface area contributed by atoms with E-state index in [1.807, 2.05) is 24.3 Å². The summed E-state index contributed by atoms with van der Waals surface area (Å²) in [6.45, 7) is 2.22. The zero-order chi connectivity index (χ0) is 13.7.